The maximum atomic E-state index is 10.5. The van der Waals surface area contributed by atoms with Crippen LogP contribution in [-0.4, -0.2) is 41.0 Å². The number of aliphatic carboxylic acids is 1. The summed E-state index contributed by atoms with van der Waals surface area (Å²) in [4.78, 5) is 9.00. The van der Waals surface area contributed by atoms with Crippen LogP contribution in [0.2, 0.25) is 0 Å². The van der Waals surface area contributed by atoms with Gasteiger partial charge in [0.25, 0.3) is 5.97 Å². The third-order valence-corrected chi connectivity index (χ3v) is 5.91. The average Bonchev–Trinajstić information content (AvgIpc) is 2.90. The second-order valence-electron chi connectivity index (χ2n) is 9.80. The molecule has 6 nitrogen and oxygen atoms in total. The molecule has 0 saturated carbocycles. The van der Waals surface area contributed by atoms with Gasteiger partial charge in [-0.2, -0.15) is 5.26 Å². The van der Waals surface area contributed by atoms with Crippen LogP contribution in [0.3, 0.4) is 0 Å². The van der Waals surface area contributed by atoms with E-state index in [2.05, 4.69) is 61.6 Å². The number of aliphatic hydroxyl groups is 1. The molecule has 0 fully saturated rings. The average molecular weight is 511 g/mol. The van der Waals surface area contributed by atoms with E-state index in [1.165, 1.54) is 16.3 Å². The van der Waals surface area contributed by atoms with Crippen molar-refractivity contribution in [1.29, 1.82) is 5.26 Å². The van der Waals surface area contributed by atoms with E-state index in [9.17, 15) is 10.4 Å². The third kappa shape index (κ3) is 8.74. The molecule has 4 aromatic carbocycles. The van der Waals surface area contributed by atoms with Gasteiger partial charge < -0.3 is 20.3 Å². The van der Waals surface area contributed by atoms with E-state index < -0.39 is 12.1 Å². The van der Waals surface area contributed by atoms with Crippen molar-refractivity contribution in [2.75, 3.05) is 13.2 Å². The van der Waals surface area contributed by atoms with E-state index in [-0.39, 0.29) is 12.1 Å². The highest BCUT2D eigenvalue weighted by molar-refractivity contribution is 5.83. The van der Waals surface area contributed by atoms with Crippen LogP contribution in [-0.2, 0) is 11.2 Å². The zero-order valence-electron chi connectivity index (χ0n) is 22.0. The Hall–Kier alpha value is -4.18. The fourth-order valence-electron chi connectivity index (χ4n) is 4.11. The number of nitriles is 1. The SMILES string of the molecule is CC(=O)O.CC(C)(Cc1ccc2ccccc2c1)NC[C@@H](O)COc1ccc(-c2ccccc2)cc1C#N. The van der Waals surface area contributed by atoms with Crippen LogP contribution in [0.1, 0.15) is 31.9 Å². The summed E-state index contributed by atoms with van der Waals surface area (Å²) in [5, 5.41) is 33.4. The van der Waals surface area contributed by atoms with Crippen LogP contribution < -0.4 is 10.1 Å². The van der Waals surface area contributed by atoms with Gasteiger partial charge in [0.15, 0.2) is 0 Å². The molecule has 3 N–H and O–H groups in total. The molecule has 4 aromatic rings. The van der Waals surface area contributed by atoms with Crippen LogP contribution in [0.4, 0.5) is 0 Å². The molecule has 0 heterocycles. The first-order valence-electron chi connectivity index (χ1n) is 12.5. The molecule has 1 atom stereocenters. The zero-order chi connectivity index (χ0) is 27.5. The van der Waals surface area contributed by atoms with Gasteiger partial charge in [0, 0.05) is 19.0 Å². The van der Waals surface area contributed by atoms with Gasteiger partial charge in [-0.15, -0.1) is 0 Å². The van der Waals surface area contributed by atoms with Crippen molar-refractivity contribution in [2.24, 2.45) is 0 Å². The van der Waals surface area contributed by atoms with Crippen molar-refractivity contribution in [3.63, 3.8) is 0 Å². The fraction of sp³-hybridized carbons (Fsp3) is 0.250. The van der Waals surface area contributed by atoms with E-state index in [0.717, 1.165) is 24.5 Å². The Morgan fingerprint density at radius 1 is 0.947 bits per heavy atom. The molecule has 6 heteroatoms. The predicted octanol–water partition coefficient (Wildman–Crippen LogP) is 5.82. The lowest BCUT2D eigenvalue weighted by molar-refractivity contribution is -0.134. The van der Waals surface area contributed by atoms with Crippen LogP contribution >= 0.6 is 0 Å². The van der Waals surface area contributed by atoms with E-state index in [0.29, 0.717) is 17.9 Å². The van der Waals surface area contributed by atoms with Crippen molar-refractivity contribution < 1.29 is 19.7 Å². The number of nitrogens with zero attached hydrogens (tertiary/aromatic N) is 1. The summed E-state index contributed by atoms with van der Waals surface area (Å²) in [7, 11) is 0. The van der Waals surface area contributed by atoms with Crippen LogP contribution in [0.15, 0.2) is 91.0 Å². The van der Waals surface area contributed by atoms with Gasteiger partial charge in [0.1, 0.15) is 24.5 Å². The number of aliphatic hydroxyl groups excluding tert-OH is 1. The van der Waals surface area contributed by atoms with Gasteiger partial charge in [0.2, 0.25) is 0 Å². The Morgan fingerprint density at radius 3 is 2.29 bits per heavy atom. The van der Waals surface area contributed by atoms with E-state index in [1.54, 1.807) is 6.07 Å². The first kappa shape index (κ1) is 28.4. The number of carbonyl (C=O) groups is 1. The number of hydrogen-bond acceptors (Lipinski definition) is 5. The molecule has 38 heavy (non-hydrogen) atoms. The van der Waals surface area contributed by atoms with Crippen LogP contribution in [0, 0.1) is 11.3 Å². The first-order valence-corrected chi connectivity index (χ1v) is 12.5. The molecule has 0 aliphatic rings. The van der Waals surface area contributed by atoms with Crippen LogP contribution in [0.25, 0.3) is 21.9 Å². The van der Waals surface area contributed by atoms with E-state index in [4.69, 9.17) is 14.6 Å². The molecule has 0 unspecified atom stereocenters. The van der Waals surface area contributed by atoms with Gasteiger partial charge in [-0.3, -0.25) is 4.79 Å². The molecule has 0 spiro atoms. The molecule has 0 aliphatic carbocycles. The van der Waals surface area contributed by atoms with Crippen molar-refractivity contribution in [3.8, 4) is 22.9 Å². The Morgan fingerprint density at radius 2 is 1.61 bits per heavy atom. The Balaban J connectivity index is 0.000000934. The van der Waals surface area contributed by atoms with Crippen molar-refractivity contribution in [1.82, 2.24) is 5.32 Å². The van der Waals surface area contributed by atoms with Gasteiger partial charge in [-0.1, -0.05) is 78.9 Å². The zero-order valence-corrected chi connectivity index (χ0v) is 22.0. The topological polar surface area (TPSA) is 103 Å². The second kappa shape index (κ2) is 13.4. The number of hydrogen-bond donors (Lipinski definition) is 3. The minimum Gasteiger partial charge on any atom is -0.489 e. The highest BCUT2D eigenvalue weighted by Gasteiger charge is 2.20. The minimum absolute atomic E-state index is 0.110. The number of benzene rings is 4. The monoisotopic (exact) mass is 510 g/mol. The van der Waals surface area contributed by atoms with Gasteiger partial charge in [-0.25, -0.2) is 0 Å². The van der Waals surface area contributed by atoms with Crippen molar-refractivity contribution in [3.05, 3.63) is 102 Å². The second-order valence-corrected chi connectivity index (χ2v) is 9.80. The van der Waals surface area contributed by atoms with Gasteiger partial charge >= 0.3 is 0 Å². The summed E-state index contributed by atoms with van der Waals surface area (Å²) < 4.78 is 5.80. The Bertz CT molecular complexity index is 1390. The Kier molecular flexibility index (Phi) is 10.0. The molecule has 0 aromatic heterocycles. The number of carboxylic acid groups (broad SMARTS) is 1. The molecular formula is C32H34N2O4. The highest BCUT2D eigenvalue weighted by atomic mass is 16.5. The largest absolute Gasteiger partial charge is 0.489 e. The quantitative estimate of drug-likeness (QED) is 0.262. The van der Waals surface area contributed by atoms with E-state index in [1.807, 2.05) is 48.5 Å². The molecule has 0 bridgehead atoms. The predicted molar refractivity (Wildman–Crippen MR) is 151 cm³/mol. The lowest BCUT2D eigenvalue weighted by Crippen LogP contribution is -2.46. The lowest BCUT2D eigenvalue weighted by atomic mass is 9.93. The van der Waals surface area contributed by atoms with Crippen molar-refractivity contribution >= 4 is 16.7 Å². The maximum absolute atomic E-state index is 10.5. The molecule has 4 rings (SSSR count). The summed E-state index contributed by atoms with van der Waals surface area (Å²) in [5.74, 6) is -0.350. The molecule has 0 radical (unpaired) electrons. The summed E-state index contributed by atoms with van der Waals surface area (Å²) in [6, 6.07) is 32.6. The Labute approximate surface area is 224 Å². The lowest BCUT2D eigenvalue weighted by Gasteiger charge is -2.28. The number of nitrogens with one attached hydrogen (secondary N) is 1. The maximum Gasteiger partial charge on any atom is 0.300 e. The molecule has 196 valence electrons. The third-order valence-electron chi connectivity index (χ3n) is 5.91. The summed E-state index contributed by atoms with van der Waals surface area (Å²) >= 11 is 0. The summed E-state index contributed by atoms with van der Waals surface area (Å²) in [5.41, 5.74) is 3.52. The molecule has 0 aliphatic heterocycles. The number of carboxylic acids is 1. The normalized spacial score (nSPS) is 11.7. The smallest absolute Gasteiger partial charge is 0.300 e. The highest BCUT2D eigenvalue weighted by Crippen LogP contribution is 2.26. The fourth-order valence-corrected chi connectivity index (χ4v) is 4.11. The van der Waals surface area contributed by atoms with Gasteiger partial charge in [-0.05, 0) is 59.9 Å². The van der Waals surface area contributed by atoms with Gasteiger partial charge in [0.05, 0.1) is 5.56 Å². The van der Waals surface area contributed by atoms with Crippen molar-refractivity contribution in [2.45, 2.75) is 38.8 Å². The summed E-state index contributed by atoms with van der Waals surface area (Å²) in [6.07, 6.45) is 0.140. The number of ether oxygens (including phenoxy) is 1. The standard InChI is InChI=1S/C30H30N2O2.C2H4O2/c1-30(2,18-22-12-13-24-10-6-7-11-25(24)16-22)32-20-28(33)21-34-29-15-14-26(17-27(29)19-31)23-8-4-3-5-9-23;1-2(3)4/h3-17,28,32-33H,18,20-21H2,1-2H3;1H3,(H,3,4)/t28-;/m1./s1. The van der Waals surface area contributed by atoms with Crippen LogP contribution in [0.5, 0.6) is 5.75 Å². The first-order chi connectivity index (χ1) is 18.2. The number of β-amino-alcohol motifs (C(OH)–C–C–N with tert-alkyl or cyclic N) is 1. The summed E-state index contributed by atoms with van der Waals surface area (Å²) in [6.45, 7) is 5.85. The number of rotatable bonds is 9. The van der Waals surface area contributed by atoms with E-state index >= 15 is 0 Å². The molecule has 0 amide bonds. The molecule has 0 saturated heterocycles. The molecular weight excluding hydrogens is 476 g/mol. The number of fused-ring (bicyclic) bond motifs is 1. The minimum atomic E-state index is -0.833.